The first kappa shape index (κ1) is 25.1. The van der Waals surface area contributed by atoms with Gasteiger partial charge in [-0.1, -0.05) is 74.5 Å². The minimum Gasteiger partial charge on any atom is -0.356 e. The van der Waals surface area contributed by atoms with Crippen molar-refractivity contribution in [2.24, 2.45) is 5.92 Å². The number of hydrogen-bond acceptors (Lipinski definition) is 4. The fourth-order valence-corrected chi connectivity index (χ4v) is 3.88. The third-order valence-electron chi connectivity index (χ3n) is 5.81. The van der Waals surface area contributed by atoms with E-state index in [0.717, 1.165) is 12.8 Å². The van der Waals surface area contributed by atoms with Crippen LogP contribution in [0, 0.1) is 5.92 Å². The minimum atomic E-state index is -0.185. The fourth-order valence-electron chi connectivity index (χ4n) is 3.88. The van der Waals surface area contributed by atoms with Crippen LogP contribution in [0.5, 0.6) is 0 Å². The van der Waals surface area contributed by atoms with Crippen molar-refractivity contribution in [3.63, 3.8) is 0 Å². The summed E-state index contributed by atoms with van der Waals surface area (Å²) >= 11 is 0. The molecular formula is C28H34N4O2. The molecule has 3 rings (SSSR count). The summed E-state index contributed by atoms with van der Waals surface area (Å²) in [4.78, 5) is 35.3. The first-order valence-electron chi connectivity index (χ1n) is 12.0. The van der Waals surface area contributed by atoms with Gasteiger partial charge in [0.15, 0.2) is 0 Å². The summed E-state index contributed by atoms with van der Waals surface area (Å²) in [5.74, 6) is 0.429. The van der Waals surface area contributed by atoms with Crippen LogP contribution in [0.1, 0.15) is 60.6 Å². The molecule has 0 atom stereocenters. The predicted octanol–water partition coefficient (Wildman–Crippen LogP) is 4.69. The summed E-state index contributed by atoms with van der Waals surface area (Å²) in [6.45, 7) is 5.75. The van der Waals surface area contributed by atoms with Gasteiger partial charge in [-0.05, 0) is 29.9 Å². The van der Waals surface area contributed by atoms with Crippen LogP contribution in [0.25, 0.3) is 0 Å². The Kier molecular flexibility index (Phi) is 9.77. The number of nitrogens with zero attached hydrogens (tertiary/aromatic N) is 3. The maximum atomic E-state index is 12.9. The van der Waals surface area contributed by atoms with Gasteiger partial charge >= 0.3 is 0 Å². The van der Waals surface area contributed by atoms with Crippen molar-refractivity contribution in [1.82, 2.24) is 20.2 Å². The third-order valence-corrected chi connectivity index (χ3v) is 5.81. The van der Waals surface area contributed by atoms with Crippen molar-refractivity contribution in [2.75, 3.05) is 19.6 Å². The minimum absolute atomic E-state index is 0.0543. The van der Waals surface area contributed by atoms with Crippen LogP contribution < -0.4 is 5.32 Å². The van der Waals surface area contributed by atoms with Gasteiger partial charge < -0.3 is 10.2 Å². The lowest BCUT2D eigenvalue weighted by Gasteiger charge is -2.23. The third kappa shape index (κ3) is 7.80. The lowest BCUT2D eigenvalue weighted by Crippen LogP contribution is -2.37. The monoisotopic (exact) mass is 458 g/mol. The van der Waals surface area contributed by atoms with Crippen LogP contribution in [0.15, 0.2) is 79.3 Å². The highest BCUT2D eigenvalue weighted by atomic mass is 16.2. The topological polar surface area (TPSA) is 75.2 Å². The van der Waals surface area contributed by atoms with Gasteiger partial charge in [-0.25, -0.2) is 4.98 Å². The van der Waals surface area contributed by atoms with Gasteiger partial charge in [-0.3, -0.25) is 14.6 Å². The maximum absolute atomic E-state index is 12.9. The zero-order chi connectivity index (χ0) is 24.2. The van der Waals surface area contributed by atoms with Crippen LogP contribution in [0.3, 0.4) is 0 Å². The van der Waals surface area contributed by atoms with Gasteiger partial charge in [0, 0.05) is 44.4 Å². The molecular weight excluding hydrogens is 424 g/mol. The molecule has 2 amide bonds. The van der Waals surface area contributed by atoms with Crippen molar-refractivity contribution in [2.45, 2.75) is 39.0 Å². The second-order valence-corrected chi connectivity index (χ2v) is 8.83. The first-order valence-corrected chi connectivity index (χ1v) is 12.0. The van der Waals surface area contributed by atoms with Gasteiger partial charge in [0.2, 0.25) is 5.91 Å². The van der Waals surface area contributed by atoms with E-state index in [4.69, 9.17) is 0 Å². The zero-order valence-electron chi connectivity index (χ0n) is 20.1. The molecule has 1 N–H and O–H groups in total. The molecule has 0 aliphatic carbocycles. The number of nitrogens with one attached hydrogen (secondary N) is 1. The molecule has 0 bridgehead atoms. The second kappa shape index (κ2) is 13.2. The van der Waals surface area contributed by atoms with Crippen molar-refractivity contribution in [3.05, 3.63) is 96.1 Å². The van der Waals surface area contributed by atoms with Crippen LogP contribution in [0.4, 0.5) is 0 Å². The summed E-state index contributed by atoms with van der Waals surface area (Å²) in [5.41, 5.74) is 2.77. The quantitative estimate of drug-likeness (QED) is 0.427. The van der Waals surface area contributed by atoms with Crippen LogP contribution in [-0.4, -0.2) is 46.3 Å². The van der Waals surface area contributed by atoms with Gasteiger partial charge in [-0.15, -0.1) is 0 Å². The molecule has 6 heteroatoms. The molecule has 34 heavy (non-hydrogen) atoms. The summed E-state index contributed by atoms with van der Waals surface area (Å²) in [6, 6.07) is 20.7. The first-order chi connectivity index (χ1) is 16.5. The molecule has 1 heterocycles. The highest BCUT2D eigenvalue weighted by Gasteiger charge is 2.19. The average molecular weight is 459 g/mol. The summed E-state index contributed by atoms with van der Waals surface area (Å²) in [5, 5.41) is 3.05. The lowest BCUT2D eigenvalue weighted by molar-refractivity contribution is -0.121. The molecule has 0 radical (unpaired) electrons. The van der Waals surface area contributed by atoms with Crippen molar-refractivity contribution in [3.8, 4) is 0 Å². The smallest absolute Gasteiger partial charge is 0.274 e. The van der Waals surface area contributed by atoms with E-state index in [2.05, 4.69) is 53.4 Å². The van der Waals surface area contributed by atoms with Crippen molar-refractivity contribution in [1.29, 1.82) is 0 Å². The molecule has 0 unspecified atom stereocenters. The molecule has 2 aromatic carbocycles. The van der Waals surface area contributed by atoms with Crippen LogP contribution in [-0.2, 0) is 4.79 Å². The molecule has 0 spiro atoms. The van der Waals surface area contributed by atoms with E-state index in [0.29, 0.717) is 31.2 Å². The van der Waals surface area contributed by atoms with Gasteiger partial charge in [0.05, 0.1) is 6.20 Å². The van der Waals surface area contributed by atoms with Crippen LogP contribution >= 0.6 is 0 Å². The lowest BCUT2D eigenvalue weighted by atomic mass is 9.88. The van der Waals surface area contributed by atoms with E-state index in [1.54, 1.807) is 11.1 Å². The zero-order valence-corrected chi connectivity index (χ0v) is 20.1. The highest BCUT2D eigenvalue weighted by Crippen LogP contribution is 2.27. The Bertz CT molecular complexity index is 971. The number of amides is 2. The number of benzene rings is 2. The van der Waals surface area contributed by atoms with E-state index in [1.165, 1.54) is 23.5 Å². The fraction of sp³-hybridized carbons (Fsp3) is 0.357. The molecule has 0 fully saturated rings. The van der Waals surface area contributed by atoms with E-state index in [1.807, 2.05) is 36.4 Å². The standard InChI is InChI=1S/C28H34N4O2/c1-22(2)14-19-32(28(34)26-21-29-17-18-30-26)20-15-27(33)31-16-13-25(23-9-5-3-6-10-23)24-11-7-4-8-12-24/h3-12,17-18,21-22,25H,13-16,19-20H2,1-2H3,(H,31,33). The normalized spacial score (nSPS) is 10.9. The highest BCUT2D eigenvalue weighted by molar-refractivity contribution is 5.92. The van der Waals surface area contributed by atoms with Gasteiger partial charge in [0.1, 0.15) is 5.69 Å². The van der Waals surface area contributed by atoms with E-state index in [9.17, 15) is 9.59 Å². The Labute approximate surface area is 202 Å². The number of hydrogen-bond donors (Lipinski definition) is 1. The molecule has 3 aromatic rings. The molecule has 0 aliphatic rings. The maximum Gasteiger partial charge on any atom is 0.274 e. The van der Waals surface area contributed by atoms with Gasteiger partial charge in [-0.2, -0.15) is 0 Å². The molecule has 178 valence electrons. The summed E-state index contributed by atoms with van der Waals surface area (Å²) in [7, 11) is 0. The number of carbonyl (C=O) groups is 2. The average Bonchev–Trinajstić information content (AvgIpc) is 2.87. The largest absolute Gasteiger partial charge is 0.356 e. The van der Waals surface area contributed by atoms with E-state index < -0.39 is 0 Å². The van der Waals surface area contributed by atoms with Gasteiger partial charge in [0.25, 0.3) is 5.91 Å². The number of rotatable bonds is 12. The van der Waals surface area contributed by atoms with E-state index >= 15 is 0 Å². The Hall–Kier alpha value is -3.54. The Balaban J connectivity index is 1.55. The van der Waals surface area contributed by atoms with Crippen molar-refractivity contribution >= 4 is 11.8 Å². The Morgan fingerprint density at radius 2 is 1.53 bits per heavy atom. The Morgan fingerprint density at radius 3 is 2.09 bits per heavy atom. The van der Waals surface area contributed by atoms with Crippen LogP contribution in [0.2, 0.25) is 0 Å². The second-order valence-electron chi connectivity index (χ2n) is 8.83. The molecule has 6 nitrogen and oxygen atoms in total. The molecule has 0 aliphatic heterocycles. The number of aromatic nitrogens is 2. The number of carbonyl (C=O) groups excluding carboxylic acids is 2. The van der Waals surface area contributed by atoms with Crippen molar-refractivity contribution < 1.29 is 9.59 Å². The summed E-state index contributed by atoms with van der Waals surface area (Å²) < 4.78 is 0. The molecule has 0 saturated heterocycles. The molecule has 0 saturated carbocycles. The van der Waals surface area contributed by atoms with E-state index in [-0.39, 0.29) is 24.2 Å². The SMILES string of the molecule is CC(C)CCN(CCC(=O)NCCC(c1ccccc1)c1ccccc1)C(=O)c1cnccn1. The molecule has 1 aromatic heterocycles. The Morgan fingerprint density at radius 1 is 0.882 bits per heavy atom. The predicted molar refractivity (Wildman–Crippen MR) is 134 cm³/mol. The summed E-state index contributed by atoms with van der Waals surface area (Å²) in [6.07, 6.45) is 6.44.